The summed E-state index contributed by atoms with van der Waals surface area (Å²) in [6.45, 7) is 0. The van der Waals surface area contributed by atoms with Gasteiger partial charge in [0.25, 0.3) is 5.22 Å². The van der Waals surface area contributed by atoms with E-state index in [4.69, 9.17) is 27.6 Å². The largest absolute Gasteiger partial charge is 0.416 e. The summed E-state index contributed by atoms with van der Waals surface area (Å²) in [4.78, 5) is 11.8. The molecule has 1 heterocycles. The molecule has 1 aliphatic carbocycles. The van der Waals surface area contributed by atoms with Crippen molar-refractivity contribution in [2.24, 2.45) is 0 Å². The molecule has 21 heavy (non-hydrogen) atoms. The number of hydrogen-bond donors (Lipinski definition) is 1. The van der Waals surface area contributed by atoms with Crippen LogP contribution >= 0.6 is 35.0 Å². The smallest absolute Gasteiger partial charge is 0.277 e. The van der Waals surface area contributed by atoms with Crippen molar-refractivity contribution in [1.29, 1.82) is 0 Å². The minimum absolute atomic E-state index is 0.176. The van der Waals surface area contributed by atoms with Crippen LogP contribution in [0, 0.1) is 0 Å². The van der Waals surface area contributed by atoms with Gasteiger partial charge in [0.1, 0.15) is 0 Å². The van der Waals surface area contributed by atoms with E-state index in [-0.39, 0.29) is 11.7 Å². The Bertz CT molecular complexity index is 673. The van der Waals surface area contributed by atoms with Crippen LogP contribution in [0.25, 0.3) is 0 Å². The van der Waals surface area contributed by atoms with E-state index in [1.54, 1.807) is 18.2 Å². The summed E-state index contributed by atoms with van der Waals surface area (Å²) >= 11 is 12.9. The minimum atomic E-state index is -0.176. The second-order valence-corrected chi connectivity index (χ2v) is 6.39. The van der Waals surface area contributed by atoms with Crippen LogP contribution in [0.5, 0.6) is 0 Å². The minimum Gasteiger partial charge on any atom is -0.416 e. The van der Waals surface area contributed by atoms with Crippen molar-refractivity contribution < 1.29 is 9.21 Å². The summed E-state index contributed by atoms with van der Waals surface area (Å²) in [6.07, 6.45) is 2.20. The van der Waals surface area contributed by atoms with E-state index in [1.807, 2.05) is 0 Å². The lowest BCUT2D eigenvalue weighted by atomic mass is 10.3. The van der Waals surface area contributed by atoms with Crippen LogP contribution in [0.4, 0.5) is 5.69 Å². The maximum atomic E-state index is 11.8. The van der Waals surface area contributed by atoms with Gasteiger partial charge in [-0.25, -0.2) is 0 Å². The summed E-state index contributed by atoms with van der Waals surface area (Å²) in [5, 5.41) is 11.9. The molecule has 1 aliphatic rings. The van der Waals surface area contributed by atoms with Crippen molar-refractivity contribution >= 4 is 46.6 Å². The lowest BCUT2D eigenvalue weighted by Gasteiger charge is -2.05. The maximum absolute atomic E-state index is 11.8. The van der Waals surface area contributed by atoms with Crippen molar-refractivity contribution in [3.63, 3.8) is 0 Å². The summed E-state index contributed by atoms with van der Waals surface area (Å²) in [6, 6.07) is 4.92. The van der Waals surface area contributed by atoms with Gasteiger partial charge in [0.05, 0.1) is 15.8 Å². The fourth-order valence-electron chi connectivity index (χ4n) is 1.67. The zero-order valence-electron chi connectivity index (χ0n) is 10.8. The molecular weight excluding hydrogens is 333 g/mol. The number of hydrogen-bond acceptors (Lipinski definition) is 5. The predicted molar refractivity (Wildman–Crippen MR) is 82.1 cm³/mol. The molecule has 1 aromatic heterocycles. The van der Waals surface area contributed by atoms with Gasteiger partial charge in [0, 0.05) is 11.6 Å². The molecule has 0 saturated heterocycles. The number of thioether (sulfide) groups is 1. The summed E-state index contributed by atoms with van der Waals surface area (Å²) < 4.78 is 5.47. The first-order valence-electron chi connectivity index (χ1n) is 6.33. The van der Waals surface area contributed by atoms with E-state index in [0.29, 0.717) is 32.8 Å². The highest BCUT2D eigenvalue weighted by Crippen LogP contribution is 2.39. The topological polar surface area (TPSA) is 68.0 Å². The third kappa shape index (κ3) is 3.90. The van der Waals surface area contributed by atoms with E-state index in [0.717, 1.165) is 12.8 Å². The van der Waals surface area contributed by atoms with Gasteiger partial charge in [0.15, 0.2) is 0 Å². The molecule has 0 atom stereocenters. The molecule has 1 aromatic carbocycles. The molecular formula is C13H11Cl2N3O2S. The first-order valence-corrected chi connectivity index (χ1v) is 8.07. The number of halogens is 2. The number of nitrogens with one attached hydrogen (secondary N) is 1. The lowest BCUT2D eigenvalue weighted by molar-refractivity contribution is -0.113. The number of amides is 1. The van der Waals surface area contributed by atoms with Gasteiger partial charge in [-0.1, -0.05) is 35.0 Å². The molecule has 1 N–H and O–H groups in total. The molecule has 0 bridgehead atoms. The van der Waals surface area contributed by atoms with Crippen LogP contribution in [0.3, 0.4) is 0 Å². The second-order valence-electron chi connectivity index (χ2n) is 4.65. The van der Waals surface area contributed by atoms with Crippen LogP contribution in [-0.4, -0.2) is 21.9 Å². The van der Waals surface area contributed by atoms with E-state index in [9.17, 15) is 4.79 Å². The standard InChI is InChI=1S/C13H11Cl2N3O2S/c14-9-4-3-8(5-10(9)15)16-11(19)6-21-13-18-17-12(20-13)7-1-2-7/h3-5,7H,1-2,6H2,(H,16,19). The van der Waals surface area contributed by atoms with E-state index in [2.05, 4.69) is 15.5 Å². The van der Waals surface area contributed by atoms with Gasteiger partial charge in [-0.2, -0.15) is 0 Å². The Morgan fingerprint density at radius 3 is 2.86 bits per heavy atom. The van der Waals surface area contributed by atoms with Crippen molar-refractivity contribution in [2.45, 2.75) is 24.0 Å². The molecule has 1 saturated carbocycles. The Kier molecular flexibility index (Phi) is 4.37. The molecule has 2 aromatic rings. The Hall–Kier alpha value is -1.24. The molecule has 8 heteroatoms. The number of carbonyl (C=O) groups is 1. The molecule has 0 aliphatic heterocycles. The molecule has 0 unspecified atom stereocenters. The summed E-state index contributed by atoms with van der Waals surface area (Å²) in [7, 11) is 0. The molecule has 0 spiro atoms. The third-order valence-electron chi connectivity index (χ3n) is 2.88. The van der Waals surface area contributed by atoms with Crippen LogP contribution < -0.4 is 5.32 Å². The van der Waals surface area contributed by atoms with E-state index < -0.39 is 0 Å². The van der Waals surface area contributed by atoms with Crippen molar-refractivity contribution in [3.05, 3.63) is 34.1 Å². The molecule has 1 fully saturated rings. The number of anilines is 1. The van der Waals surface area contributed by atoms with Crippen molar-refractivity contribution in [2.75, 3.05) is 11.1 Å². The van der Waals surface area contributed by atoms with Crippen LogP contribution in [0.1, 0.15) is 24.7 Å². The average molecular weight is 344 g/mol. The Balaban J connectivity index is 1.52. The maximum Gasteiger partial charge on any atom is 0.277 e. The van der Waals surface area contributed by atoms with E-state index >= 15 is 0 Å². The Morgan fingerprint density at radius 2 is 2.14 bits per heavy atom. The van der Waals surface area contributed by atoms with Gasteiger partial charge in [-0.15, -0.1) is 10.2 Å². The molecule has 110 valence electrons. The fourth-order valence-corrected chi connectivity index (χ4v) is 2.54. The highest BCUT2D eigenvalue weighted by molar-refractivity contribution is 7.99. The first-order chi connectivity index (χ1) is 10.1. The third-order valence-corrected chi connectivity index (χ3v) is 4.44. The van der Waals surface area contributed by atoms with Crippen molar-refractivity contribution in [3.8, 4) is 0 Å². The number of carbonyl (C=O) groups excluding carboxylic acids is 1. The summed E-state index contributed by atoms with van der Waals surface area (Å²) in [5.41, 5.74) is 0.596. The first kappa shape index (κ1) is 14.7. The number of aromatic nitrogens is 2. The van der Waals surface area contributed by atoms with Gasteiger partial charge in [0.2, 0.25) is 11.8 Å². The Morgan fingerprint density at radius 1 is 1.33 bits per heavy atom. The highest BCUT2D eigenvalue weighted by atomic mass is 35.5. The normalized spacial score (nSPS) is 14.2. The molecule has 1 amide bonds. The monoisotopic (exact) mass is 343 g/mol. The number of benzene rings is 1. The zero-order chi connectivity index (χ0) is 14.8. The predicted octanol–water partition coefficient (Wildman–Crippen LogP) is 3.98. The van der Waals surface area contributed by atoms with Crippen molar-refractivity contribution in [1.82, 2.24) is 10.2 Å². The molecule has 0 radical (unpaired) electrons. The highest BCUT2D eigenvalue weighted by Gasteiger charge is 2.29. The van der Waals surface area contributed by atoms with Gasteiger partial charge < -0.3 is 9.73 Å². The van der Waals surface area contributed by atoms with Crippen LogP contribution in [0.15, 0.2) is 27.8 Å². The SMILES string of the molecule is O=C(CSc1nnc(C2CC2)o1)Nc1ccc(Cl)c(Cl)c1. The molecule has 3 rings (SSSR count). The number of nitrogens with zero attached hydrogens (tertiary/aromatic N) is 2. The molecule has 5 nitrogen and oxygen atoms in total. The van der Waals surface area contributed by atoms with Gasteiger partial charge in [-0.05, 0) is 31.0 Å². The van der Waals surface area contributed by atoms with Crippen LogP contribution in [0.2, 0.25) is 10.0 Å². The number of rotatable bonds is 5. The lowest BCUT2D eigenvalue weighted by Crippen LogP contribution is -2.13. The van der Waals surface area contributed by atoms with Gasteiger partial charge >= 0.3 is 0 Å². The van der Waals surface area contributed by atoms with E-state index in [1.165, 1.54) is 11.8 Å². The van der Waals surface area contributed by atoms with Crippen LogP contribution in [-0.2, 0) is 4.79 Å². The van der Waals surface area contributed by atoms with Gasteiger partial charge in [-0.3, -0.25) is 4.79 Å². The quantitative estimate of drug-likeness (QED) is 0.831. The second kappa shape index (κ2) is 6.25. The Labute approximate surface area is 135 Å². The summed E-state index contributed by atoms with van der Waals surface area (Å²) in [5.74, 6) is 1.09. The zero-order valence-corrected chi connectivity index (χ0v) is 13.1. The fraction of sp³-hybridized carbons (Fsp3) is 0.308. The average Bonchev–Trinajstić information content (AvgIpc) is 3.20.